The largest absolute Gasteiger partial charge is 0.428 e. The molecule has 5 nitrogen and oxygen atoms in total. The zero-order valence-electron chi connectivity index (χ0n) is 12.1. The first-order chi connectivity index (χ1) is 11.0. The second-order valence-electron chi connectivity index (χ2n) is 5.40. The summed E-state index contributed by atoms with van der Waals surface area (Å²) in [5.74, 6) is -0.619. The highest BCUT2D eigenvalue weighted by Crippen LogP contribution is 2.43. The maximum Gasteiger partial charge on any atom is 0.342 e. The van der Waals surface area contributed by atoms with Crippen molar-refractivity contribution in [2.24, 2.45) is 0 Å². The number of carbonyl (C=O) groups is 1. The second kappa shape index (κ2) is 4.47. The molecule has 2 aliphatic rings. The third-order valence-corrected chi connectivity index (χ3v) is 4.21. The molecule has 5 heteroatoms. The molecule has 1 atom stereocenters. The number of carbonyl (C=O) groups excluding carboxylic acids is 1. The number of allylic oxidation sites excluding steroid dienone is 4. The lowest BCUT2D eigenvalue weighted by molar-refractivity contribution is -0.0686. The topological polar surface area (TPSA) is 83.3 Å². The van der Waals surface area contributed by atoms with Gasteiger partial charge in [0.05, 0.1) is 17.0 Å². The number of nitrogens with one attached hydrogen (secondary N) is 1. The fourth-order valence-corrected chi connectivity index (χ4v) is 3.15. The lowest BCUT2D eigenvalue weighted by Crippen LogP contribution is -2.22. The molecule has 0 saturated heterocycles. The highest BCUT2D eigenvalue weighted by molar-refractivity contribution is 6.31. The summed E-state index contributed by atoms with van der Waals surface area (Å²) in [5, 5.41) is 19.6. The lowest BCUT2D eigenvalue weighted by atomic mass is 9.81. The Kier molecular flexibility index (Phi) is 2.64. The Morgan fingerprint density at radius 1 is 1.30 bits per heavy atom. The Balaban J connectivity index is 2.23. The van der Waals surface area contributed by atoms with Gasteiger partial charge in [-0.1, -0.05) is 37.4 Å². The normalized spacial score (nSPS) is 20.8. The van der Waals surface area contributed by atoms with Crippen molar-refractivity contribution in [3.05, 3.63) is 71.6 Å². The molecule has 1 aliphatic carbocycles. The van der Waals surface area contributed by atoms with Crippen LogP contribution in [0.4, 0.5) is 0 Å². The summed E-state index contributed by atoms with van der Waals surface area (Å²) in [5.41, 5.74) is 3.57. The summed E-state index contributed by atoms with van der Waals surface area (Å²) < 4.78 is 4.93. The van der Waals surface area contributed by atoms with Crippen molar-refractivity contribution in [2.75, 3.05) is 0 Å². The van der Waals surface area contributed by atoms with E-state index in [0.717, 1.165) is 0 Å². The van der Waals surface area contributed by atoms with Gasteiger partial charge in [0.1, 0.15) is 0 Å². The minimum Gasteiger partial charge on any atom is -0.428 e. The van der Waals surface area contributed by atoms with Crippen molar-refractivity contribution in [3.63, 3.8) is 0 Å². The van der Waals surface area contributed by atoms with Gasteiger partial charge in [0.2, 0.25) is 6.29 Å². The number of hydrogen-bond acceptors (Lipinski definition) is 5. The van der Waals surface area contributed by atoms with Crippen LogP contribution < -0.4 is 0 Å². The Labute approximate surface area is 131 Å². The molecule has 2 heterocycles. The third kappa shape index (κ3) is 1.62. The van der Waals surface area contributed by atoms with Crippen LogP contribution in [-0.4, -0.2) is 21.8 Å². The molecule has 0 radical (unpaired) electrons. The van der Waals surface area contributed by atoms with Crippen LogP contribution >= 0.6 is 0 Å². The van der Waals surface area contributed by atoms with Crippen molar-refractivity contribution in [1.82, 2.24) is 4.98 Å². The van der Waals surface area contributed by atoms with Crippen LogP contribution in [0.25, 0.3) is 16.3 Å². The third-order valence-electron chi connectivity index (χ3n) is 4.21. The van der Waals surface area contributed by atoms with Crippen molar-refractivity contribution in [1.29, 1.82) is 5.41 Å². The molecular weight excluding hydrogens is 292 g/mol. The van der Waals surface area contributed by atoms with Gasteiger partial charge >= 0.3 is 5.97 Å². The van der Waals surface area contributed by atoms with Gasteiger partial charge in [0.25, 0.3) is 0 Å². The minimum atomic E-state index is -1.31. The zero-order valence-corrected chi connectivity index (χ0v) is 12.1. The van der Waals surface area contributed by atoms with Crippen molar-refractivity contribution < 1.29 is 14.6 Å². The molecule has 23 heavy (non-hydrogen) atoms. The van der Waals surface area contributed by atoms with Crippen molar-refractivity contribution in [2.45, 2.75) is 6.29 Å². The number of aromatic nitrogens is 1. The number of benzene rings is 1. The number of aliphatic hydroxyl groups excluding tert-OH is 1. The molecule has 0 bridgehead atoms. The van der Waals surface area contributed by atoms with E-state index in [1.165, 1.54) is 6.20 Å². The smallest absolute Gasteiger partial charge is 0.342 e. The minimum absolute atomic E-state index is 0.268. The highest BCUT2D eigenvalue weighted by atomic mass is 16.6. The first-order valence-electron chi connectivity index (χ1n) is 7.01. The first kappa shape index (κ1) is 13.6. The van der Waals surface area contributed by atoms with Gasteiger partial charge < -0.3 is 9.84 Å². The van der Waals surface area contributed by atoms with Crippen molar-refractivity contribution in [3.8, 4) is 0 Å². The number of pyridine rings is 1. The quantitative estimate of drug-likeness (QED) is 0.793. The molecule has 4 rings (SSSR count). The van der Waals surface area contributed by atoms with E-state index >= 15 is 0 Å². The van der Waals surface area contributed by atoms with Crippen LogP contribution in [0, 0.1) is 5.41 Å². The van der Waals surface area contributed by atoms with Gasteiger partial charge in [0.15, 0.2) is 0 Å². The molecule has 1 unspecified atom stereocenters. The molecule has 1 aromatic heterocycles. The van der Waals surface area contributed by atoms with E-state index in [4.69, 9.17) is 10.1 Å². The van der Waals surface area contributed by atoms with Gasteiger partial charge in [-0.05, 0) is 0 Å². The molecule has 1 aromatic carbocycles. The highest BCUT2D eigenvalue weighted by Gasteiger charge is 2.33. The van der Waals surface area contributed by atoms with Gasteiger partial charge in [-0.25, -0.2) is 4.79 Å². The average Bonchev–Trinajstić information content (AvgIpc) is 2.54. The number of nitrogens with zero attached hydrogens (tertiary/aromatic N) is 1. The molecule has 2 aromatic rings. The Morgan fingerprint density at radius 3 is 2.83 bits per heavy atom. The van der Waals surface area contributed by atoms with Gasteiger partial charge in [-0.15, -0.1) is 0 Å². The Bertz CT molecular complexity index is 985. The maximum absolute atomic E-state index is 12.0. The van der Waals surface area contributed by atoms with Crippen LogP contribution in [-0.2, 0) is 4.74 Å². The molecular formula is C18H12N2O3. The first-order valence-corrected chi connectivity index (χ1v) is 7.01. The number of aliphatic hydroxyl groups is 1. The number of ether oxygens (including phenoxy) is 1. The summed E-state index contributed by atoms with van der Waals surface area (Å²) in [6.45, 7) is 7.66. The van der Waals surface area contributed by atoms with Crippen LogP contribution in [0.15, 0.2) is 49.2 Å². The van der Waals surface area contributed by atoms with Crippen LogP contribution in [0.3, 0.4) is 0 Å². The molecule has 0 saturated carbocycles. The standard InChI is InChI=1S/C18H12N2O3/c1-3-4-9-8(2)15(19)10-5-6-11-13-12(18(22)23-17(11)21)7-20-16(9)14(10)13/h3-7,17,19,21H,1-2H2/b9-4+,19-15?. The number of esters is 1. The lowest BCUT2D eigenvalue weighted by Gasteiger charge is -2.27. The summed E-state index contributed by atoms with van der Waals surface area (Å²) >= 11 is 0. The molecule has 0 amide bonds. The molecule has 0 spiro atoms. The van der Waals surface area contributed by atoms with E-state index in [9.17, 15) is 9.90 Å². The predicted molar refractivity (Wildman–Crippen MR) is 86.3 cm³/mol. The number of rotatable bonds is 1. The van der Waals surface area contributed by atoms with E-state index in [-0.39, 0.29) is 5.71 Å². The van der Waals surface area contributed by atoms with Gasteiger partial charge in [0, 0.05) is 39.2 Å². The van der Waals surface area contributed by atoms with E-state index < -0.39 is 12.3 Å². The fraction of sp³-hybridized carbons (Fsp3) is 0.0556. The summed E-state index contributed by atoms with van der Waals surface area (Å²) in [6.07, 6.45) is 3.48. The monoisotopic (exact) mass is 304 g/mol. The van der Waals surface area contributed by atoms with Gasteiger partial charge in [-0.3, -0.25) is 10.4 Å². The molecule has 2 N–H and O–H groups in total. The predicted octanol–water partition coefficient (Wildman–Crippen LogP) is 2.90. The summed E-state index contributed by atoms with van der Waals surface area (Å²) in [6, 6.07) is 3.40. The van der Waals surface area contributed by atoms with Crippen molar-refractivity contribution >= 4 is 28.0 Å². The van der Waals surface area contributed by atoms with Crippen LogP contribution in [0.1, 0.15) is 33.5 Å². The van der Waals surface area contributed by atoms with Gasteiger partial charge in [-0.2, -0.15) is 0 Å². The summed E-state index contributed by atoms with van der Waals surface area (Å²) in [4.78, 5) is 16.4. The number of hydrogen-bond donors (Lipinski definition) is 2. The average molecular weight is 304 g/mol. The van der Waals surface area contributed by atoms with E-state index in [1.54, 1.807) is 24.3 Å². The van der Waals surface area contributed by atoms with Crippen LogP contribution in [0.5, 0.6) is 0 Å². The number of cyclic esters (lactones) is 1. The maximum atomic E-state index is 12.0. The van der Waals surface area contributed by atoms with E-state index in [2.05, 4.69) is 18.1 Å². The molecule has 0 fully saturated rings. The Hall–Kier alpha value is -3.05. The second-order valence-corrected chi connectivity index (χ2v) is 5.40. The molecule has 1 aliphatic heterocycles. The Morgan fingerprint density at radius 2 is 2.09 bits per heavy atom. The fourth-order valence-electron chi connectivity index (χ4n) is 3.15. The van der Waals surface area contributed by atoms with E-state index in [1.807, 2.05) is 0 Å². The SMILES string of the molecule is C=C/C=C1\C(=C)C(=N)c2ccc3c4c(cnc1c24)C(=O)OC3O. The van der Waals surface area contributed by atoms with E-state index in [0.29, 0.717) is 44.3 Å². The zero-order chi connectivity index (χ0) is 16.3. The van der Waals surface area contributed by atoms with Crippen LogP contribution in [0.2, 0.25) is 0 Å². The summed E-state index contributed by atoms with van der Waals surface area (Å²) in [7, 11) is 0. The molecule has 112 valence electrons.